The number of thiazole rings is 1. The first kappa shape index (κ1) is 17.0. The lowest BCUT2D eigenvalue weighted by molar-refractivity contribution is 0.0456. The summed E-state index contributed by atoms with van der Waals surface area (Å²) in [5.74, 6) is -0.361. The molecule has 9 heteroatoms. The summed E-state index contributed by atoms with van der Waals surface area (Å²) in [6.07, 6.45) is 3.25. The van der Waals surface area contributed by atoms with Gasteiger partial charge in [-0.05, 0) is 12.1 Å². The quantitative estimate of drug-likeness (QED) is 0.492. The predicted octanol–water partition coefficient (Wildman–Crippen LogP) is 2.31. The topological polar surface area (TPSA) is 87.7 Å². The second-order valence-corrected chi connectivity index (χ2v) is 6.42. The minimum atomic E-state index is -0.658. The van der Waals surface area contributed by atoms with Gasteiger partial charge >= 0.3 is 5.97 Å². The summed E-state index contributed by atoms with van der Waals surface area (Å²) in [4.78, 5) is 29.3. The van der Waals surface area contributed by atoms with Crippen LogP contribution in [0.25, 0.3) is 10.6 Å². The van der Waals surface area contributed by atoms with E-state index in [1.54, 1.807) is 17.8 Å². The summed E-state index contributed by atoms with van der Waals surface area (Å²) in [6.45, 7) is -0.135. The van der Waals surface area contributed by atoms with Crippen molar-refractivity contribution in [3.8, 4) is 11.4 Å². The number of benzene rings is 1. The molecule has 8 nitrogen and oxygen atoms in total. The molecule has 0 atom stereocenters. The number of fused-ring (bicyclic) bond motifs is 1. The van der Waals surface area contributed by atoms with E-state index >= 15 is 0 Å². The molecule has 27 heavy (non-hydrogen) atoms. The molecule has 0 fully saturated rings. The van der Waals surface area contributed by atoms with Gasteiger partial charge in [-0.1, -0.05) is 18.2 Å². The Hall–Kier alpha value is -3.46. The van der Waals surface area contributed by atoms with Gasteiger partial charge in [0.15, 0.2) is 10.7 Å². The number of ether oxygens (including phenoxy) is 2. The monoisotopic (exact) mass is 382 g/mol. The molecule has 0 aliphatic carbocycles. The van der Waals surface area contributed by atoms with Gasteiger partial charge in [-0.15, -0.1) is 11.3 Å². The van der Waals surface area contributed by atoms with Crippen molar-refractivity contribution < 1.29 is 14.3 Å². The molecule has 0 N–H and O–H groups in total. The van der Waals surface area contributed by atoms with Gasteiger partial charge in [-0.25, -0.2) is 14.5 Å². The lowest BCUT2D eigenvalue weighted by Gasteiger charge is -2.04. The van der Waals surface area contributed by atoms with E-state index in [2.05, 4.69) is 10.1 Å². The molecule has 0 saturated carbocycles. The first-order chi connectivity index (χ1) is 13.2. The van der Waals surface area contributed by atoms with Crippen LogP contribution in [-0.2, 0) is 11.3 Å². The Morgan fingerprint density at radius 3 is 2.85 bits per heavy atom. The van der Waals surface area contributed by atoms with Crippen LogP contribution in [-0.4, -0.2) is 32.2 Å². The Morgan fingerprint density at radius 1 is 1.26 bits per heavy atom. The Morgan fingerprint density at radius 2 is 2.07 bits per heavy atom. The molecule has 136 valence electrons. The number of aromatic nitrogens is 4. The van der Waals surface area contributed by atoms with Crippen LogP contribution in [0.5, 0.6) is 5.75 Å². The molecular weight excluding hydrogens is 368 g/mol. The van der Waals surface area contributed by atoms with Crippen molar-refractivity contribution in [3.63, 3.8) is 0 Å². The smallest absolute Gasteiger partial charge is 0.363 e. The molecule has 0 spiro atoms. The maximum absolute atomic E-state index is 12.5. The maximum Gasteiger partial charge on any atom is 0.363 e. The highest BCUT2D eigenvalue weighted by molar-refractivity contribution is 7.15. The van der Waals surface area contributed by atoms with E-state index in [-0.39, 0.29) is 17.9 Å². The predicted molar refractivity (Wildman–Crippen MR) is 98.6 cm³/mol. The molecule has 0 bridgehead atoms. The molecule has 0 aliphatic heterocycles. The first-order valence-corrected chi connectivity index (χ1v) is 8.85. The van der Waals surface area contributed by atoms with Crippen molar-refractivity contribution in [3.05, 3.63) is 75.9 Å². The number of rotatable bonds is 5. The number of carbonyl (C=O) groups excluding carboxylic acids is 1. The van der Waals surface area contributed by atoms with Gasteiger partial charge < -0.3 is 9.47 Å². The molecule has 3 aromatic heterocycles. The number of hydrogen-bond acceptors (Lipinski definition) is 7. The van der Waals surface area contributed by atoms with Gasteiger partial charge in [0, 0.05) is 17.6 Å². The van der Waals surface area contributed by atoms with Crippen LogP contribution in [0.15, 0.2) is 59.0 Å². The Balaban J connectivity index is 1.55. The Bertz CT molecular complexity index is 1160. The first-order valence-electron chi connectivity index (χ1n) is 7.97. The third-order valence-electron chi connectivity index (χ3n) is 3.82. The van der Waals surface area contributed by atoms with Crippen LogP contribution in [0, 0.1) is 0 Å². The van der Waals surface area contributed by atoms with E-state index in [1.807, 2.05) is 30.3 Å². The minimum Gasteiger partial charge on any atom is -0.493 e. The van der Waals surface area contributed by atoms with Crippen molar-refractivity contribution in [2.75, 3.05) is 7.11 Å². The Kier molecular flexibility index (Phi) is 4.43. The number of methoxy groups -OCH3 is 1. The van der Waals surface area contributed by atoms with Crippen molar-refractivity contribution in [1.29, 1.82) is 0 Å². The van der Waals surface area contributed by atoms with E-state index in [4.69, 9.17) is 9.47 Å². The van der Waals surface area contributed by atoms with Crippen LogP contribution in [0.4, 0.5) is 0 Å². The van der Waals surface area contributed by atoms with Crippen LogP contribution < -0.4 is 10.3 Å². The van der Waals surface area contributed by atoms with Crippen LogP contribution in [0.1, 0.15) is 16.2 Å². The number of hydrogen-bond donors (Lipinski definition) is 0. The van der Waals surface area contributed by atoms with Crippen LogP contribution >= 0.6 is 11.3 Å². The van der Waals surface area contributed by atoms with E-state index in [9.17, 15) is 9.59 Å². The zero-order valence-electron chi connectivity index (χ0n) is 14.2. The SMILES string of the molecule is COc1cn(-c2ccccc2)nc1C(=O)OCc1cc(=O)n2ccsc2n1. The second-order valence-electron chi connectivity index (χ2n) is 5.54. The van der Waals surface area contributed by atoms with Crippen molar-refractivity contribution in [2.24, 2.45) is 0 Å². The highest BCUT2D eigenvalue weighted by atomic mass is 32.1. The second kappa shape index (κ2) is 7.04. The lowest BCUT2D eigenvalue weighted by Crippen LogP contribution is -2.15. The number of carbonyl (C=O) groups is 1. The van der Waals surface area contributed by atoms with Gasteiger partial charge in [0.1, 0.15) is 6.61 Å². The highest BCUT2D eigenvalue weighted by Crippen LogP contribution is 2.20. The van der Waals surface area contributed by atoms with Gasteiger partial charge in [0.2, 0.25) is 5.69 Å². The molecule has 4 rings (SSSR count). The van der Waals surface area contributed by atoms with E-state index in [0.717, 1.165) is 5.69 Å². The van der Waals surface area contributed by atoms with Crippen molar-refractivity contribution >= 4 is 22.3 Å². The normalized spacial score (nSPS) is 10.9. The van der Waals surface area contributed by atoms with Crippen LogP contribution in [0.3, 0.4) is 0 Å². The van der Waals surface area contributed by atoms with Crippen LogP contribution in [0.2, 0.25) is 0 Å². The molecule has 0 radical (unpaired) electrons. The van der Waals surface area contributed by atoms with E-state index in [0.29, 0.717) is 16.4 Å². The number of esters is 1. The molecule has 0 aliphatic rings. The third kappa shape index (κ3) is 3.32. The minimum absolute atomic E-state index is 0.0512. The molecule has 4 aromatic rings. The summed E-state index contributed by atoms with van der Waals surface area (Å²) in [7, 11) is 1.45. The molecule has 0 unspecified atom stereocenters. The summed E-state index contributed by atoms with van der Waals surface area (Å²) >= 11 is 1.33. The molecule has 0 amide bonds. The highest BCUT2D eigenvalue weighted by Gasteiger charge is 2.20. The third-order valence-corrected chi connectivity index (χ3v) is 4.58. The van der Waals surface area contributed by atoms with Gasteiger partial charge in [-0.2, -0.15) is 5.10 Å². The van der Waals surface area contributed by atoms with Gasteiger partial charge in [-0.3, -0.25) is 9.20 Å². The number of nitrogens with zero attached hydrogens (tertiary/aromatic N) is 4. The average Bonchev–Trinajstić information content (AvgIpc) is 3.34. The largest absolute Gasteiger partial charge is 0.493 e. The summed E-state index contributed by atoms with van der Waals surface area (Å²) < 4.78 is 13.5. The van der Waals surface area contributed by atoms with Gasteiger partial charge in [0.25, 0.3) is 5.56 Å². The Labute approximate surface area is 157 Å². The summed E-state index contributed by atoms with van der Waals surface area (Å²) in [6, 6.07) is 10.7. The van der Waals surface area contributed by atoms with Gasteiger partial charge in [0.05, 0.1) is 24.7 Å². The molecular formula is C18H14N4O4S. The molecule has 1 aromatic carbocycles. The van der Waals surface area contributed by atoms with E-state index in [1.165, 1.54) is 33.6 Å². The molecule has 0 saturated heterocycles. The average molecular weight is 382 g/mol. The maximum atomic E-state index is 12.5. The molecule has 3 heterocycles. The zero-order chi connectivity index (χ0) is 18.8. The lowest BCUT2D eigenvalue weighted by atomic mass is 10.3. The summed E-state index contributed by atoms with van der Waals surface area (Å²) in [5, 5.41) is 6.02. The summed E-state index contributed by atoms with van der Waals surface area (Å²) in [5.41, 5.74) is 0.985. The standard InChI is InChI=1S/C18H14N4O4S/c1-25-14-10-22(13-5-3-2-4-6-13)20-16(14)17(24)26-11-12-9-15(23)21-7-8-27-18(21)19-12/h2-10H,11H2,1H3. The van der Waals surface area contributed by atoms with Crippen molar-refractivity contribution in [2.45, 2.75) is 6.61 Å². The zero-order valence-corrected chi connectivity index (χ0v) is 15.0. The van der Waals surface area contributed by atoms with Crippen molar-refractivity contribution in [1.82, 2.24) is 19.2 Å². The fourth-order valence-corrected chi connectivity index (χ4v) is 3.27. The fraction of sp³-hybridized carbons (Fsp3) is 0.111. The fourth-order valence-electron chi connectivity index (χ4n) is 2.53. The number of para-hydroxylation sites is 1. The van der Waals surface area contributed by atoms with E-state index < -0.39 is 5.97 Å².